The predicted molar refractivity (Wildman–Crippen MR) is 102 cm³/mol. The maximum Gasteiger partial charge on any atom is 0.258 e. The summed E-state index contributed by atoms with van der Waals surface area (Å²) >= 11 is 1.39. The number of para-hydroxylation sites is 1. The Kier molecular flexibility index (Phi) is 4.18. The number of rotatable bonds is 3. The van der Waals surface area contributed by atoms with Gasteiger partial charge in [-0.25, -0.2) is 9.37 Å². The summed E-state index contributed by atoms with van der Waals surface area (Å²) in [7, 11) is 0. The number of benzene rings is 2. The zero-order chi connectivity index (χ0) is 18.1. The number of thiazole rings is 1. The molecule has 0 saturated heterocycles. The highest BCUT2D eigenvalue weighted by molar-refractivity contribution is 7.16. The van der Waals surface area contributed by atoms with Crippen LogP contribution in [0.15, 0.2) is 60.8 Å². The molecule has 0 fully saturated rings. The number of fused-ring (bicyclic) bond motifs is 1. The second-order valence-electron chi connectivity index (χ2n) is 5.76. The number of amides is 1. The third kappa shape index (κ3) is 3.07. The van der Waals surface area contributed by atoms with Crippen LogP contribution in [0.5, 0.6) is 0 Å². The average molecular weight is 363 g/mol. The van der Waals surface area contributed by atoms with Crippen LogP contribution < -0.4 is 5.32 Å². The summed E-state index contributed by atoms with van der Waals surface area (Å²) in [4.78, 5) is 22.4. The van der Waals surface area contributed by atoms with Crippen LogP contribution in [0.4, 0.5) is 9.52 Å². The van der Waals surface area contributed by atoms with Gasteiger partial charge in [-0.2, -0.15) is 0 Å². The molecular formula is C20H14FN3OS. The molecule has 0 aliphatic heterocycles. The Balaban J connectivity index is 1.64. The monoisotopic (exact) mass is 363 g/mol. The van der Waals surface area contributed by atoms with E-state index in [1.165, 1.54) is 23.5 Å². The Morgan fingerprint density at radius 3 is 2.65 bits per heavy atom. The van der Waals surface area contributed by atoms with Crippen LogP contribution in [0.2, 0.25) is 0 Å². The van der Waals surface area contributed by atoms with Crippen molar-refractivity contribution in [3.05, 3.63) is 77.1 Å². The van der Waals surface area contributed by atoms with Crippen molar-refractivity contribution in [3.8, 4) is 11.3 Å². The zero-order valence-corrected chi connectivity index (χ0v) is 14.7. The molecule has 1 amide bonds. The van der Waals surface area contributed by atoms with Gasteiger partial charge in [-0.1, -0.05) is 18.2 Å². The second kappa shape index (κ2) is 6.65. The number of anilines is 1. The summed E-state index contributed by atoms with van der Waals surface area (Å²) in [6.45, 7) is 1.92. The third-order valence-electron chi connectivity index (χ3n) is 4.03. The van der Waals surface area contributed by atoms with Gasteiger partial charge in [-0.3, -0.25) is 15.1 Å². The first-order valence-corrected chi connectivity index (χ1v) is 8.82. The fourth-order valence-corrected chi connectivity index (χ4v) is 3.61. The zero-order valence-electron chi connectivity index (χ0n) is 13.9. The molecule has 2 heterocycles. The molecule has 2 aromatic carbocycles. The lowest BCUT2D eigenvalue weighted by molar-refractivity contribution is 0.102. The smallest absolute Gasteiger partial charge is 0.258 e. The van der Waals surface area contributed by atoms with Gasteiger partial charge in [-0.05, 0) is 43.3 Å². The minimum absolute atomic E-state index is 0.233. The van der Waals surface area contributed by atoms with Crippen LogP contribution in [0.3, 0.4) is 0 Å². The van der Waals surface area contributed by atoms with Gasteiger partial charge < -0.3 is 0 Å². The molecule has 0 atom stereocenters. The van der Waals surface area contributed by atoms with Gasteiger partial charge in [0.1, 0.15) is 5.82 Å². The molecule has 26 heavy (non-hydrogen) atoms. The molecule has 2 aromatic heterocycles. The highest BCUT2D eigenvalue weighted by Crippen LogP contribution is 2.31. The van der Waals surface area contributed by atoms with Gasteiger partial charge in [0.15, 0.2) is 5.13 Å². The molecule has 0 saturated carbocycles. The first kappa shape index (κ1) is 16.4. The number of carbonyl (C=O) groups excluding carboxylic acids is 1. The molecule has 0 radical (unpaired) electrons. The van der Waals surface area contributed by atoms with Crippen molar-refractivity contribution >= 4 is 33.3 Å². The van der Waals surface area contributed by atoms with Gasteiger partial charge in [0.05, 0.1) is 16.8 Å². The van der Waals surface area contributed by atoms with E-state index in [1.54, 1.807) is 24.4 Å². The molecule has 0 bridgehead atoms. The molecule has 0 unspecified atom stereocenters. The lowest BCUT2D eigenvalue weighted by atomic mass is 10.1. The van der Waals surface area contributed by atoms with E-state index in [9.17, 15) is 9.18 Å². The Hall–Kier alpha value is -3.12. The number of nitrogens with one attached hydrogen (secondary N) is 1. The van der Waals surface area contributed by atoms with Crippen LogP contribution in [-0.2, 0) is 0 Å². The number of halogens is 1. The average Bonchev–Trinajstić information content (AvgIpc) is 3.02. The van der Waals surface area contributed by atoms with E-state index in [-0.39, 0.29) is 11.7 Å². The van der Waals surface area contributed by atoms with E-state index in [1.807, 2.05) is 31.2 Å². The number of hydrogen-bond donors (Lipinski definition) is 1. The summed E-state index contributed by atoms with van der Waals surface area (Å²) < 4.78 is 13.1. The van der Waals surface area contributed by atoms with Crippen molar-refractivity contribution in [2.24, 2.45) is 0 Å². The second-order valence-corrected chi connectivity index (χ2v) is 6.96. The molecular weight excluding hydrogens is 349 g/mol. The van der Waals surface area contributed by atoms with Crippen molar-refractivity contribution in [1.29, 1.82) is 0 Å². The highest BCUT2D eigenvalue weighted by atomic mass is 32.1. The number of nitrogens with zero attached hydrogens (tertiary/aromatic N) is 2. The van der Waals surface area contributed by atoms with Crippen molar-refractivity contribution in [2.45, 2.75) is 6.92 Å². The number of aromatic nitrogens is 2. The summed E-state index contributed by atoms with van der Waals surface area (Å²) in [5, 5.41) is 4.16. The number of aryl methyl sites for hydroxylation is 1. The predicted octanol–water partition coefficient (Wildman–Crippen LogP) is 5.06. The van der Waals surface area contributed by atoms with Gasteiger partial charge in [0.25, 0.3) is 5.91 Å². The largest absolute Gasteiger partial charge is 0.298 e. The van der Waals surface area contributed by atoms with Crippen LogP contribution in [0, 0.1) is 12.7 Å². The highest BCUT2D eigenvalue weighted by Gasteiger charge is 2.15. The molecule has 4 nitrogen and oxygen atoms in total. The van der Waals surface area contributed by atoms with Gasteiger partial charge in [0.2, 0.25) is 0 Å². The molecule has 0 aliphatic rings. The first-order valence-electron chi connectivity index (χ1n) is 8.00. The normalized spacial score (nSPS) is 10.8. The molecule has 4 rings (SSSR count). The molecule has 1 N–H and O–H groups in total. The molecule has 128 valence electrons. The maximum absolute atomic E-state index is 13.1. The van der Waals surface area contributed by atoms with Crippen LogP contribution >= 0.6 is 11.3 Å². The van der Waals surface area contributed by atoms with Gasteiger partial charge in [-0.15, -0.1) is 11.3 Å². The van der Waals surface area contributed by atoms with Crippen LogP contribution in [-0.4, -0.2) is 15.9 Å². The Bertz CT molecular complexity index is 1100. The van der Waals surface area contributed by atoms with E-state index in [4.69, 9.17) is 0 Å². The standard InChI is InChI=1S/C20H14FN3OS/c1-12-18(13-6-8-14(21)9-7-13)23-20(26-12)24-19(25)16-10-11-22-17-5-3-2-4-15(16)17/h2-11H,1H3,(H,23,24,25). The fraction of sp³-hybridized carbons (Fsp3) is 0.0500. The van der Waals surface area contributed by atoms with E-state index in [0.717, 1.165) is 27.0 Å². The summed E-state index contributed by atoms with van der Waals surface area (Å²) in [5.74, 6) is -0.525. The van der Waals surface area contributed by atoms with Gasteiger partial charge in [0, 0.05) is 22.0 Å². The van der Waals surface area contributed by atoms with Crippen molar-refractivity contribution in [3.63, 3.8) is 0 Å². The fourth-order valence-electron chi connectivity index (χ4n) is 2.78. The topological polar surface area (TPSA) is 54.9 Å². The quantitative estimate of drug-likeness (QED) is 0.554. The van der Waals surface area contributed by atoms with Crippen molar-refractivity contribution in [1.82, 2.24) is 9.97 Å². The third-order valence-corrected chi connectivity index (χ3v) is 4.91. The van der Waals surface area contributed by atoms with E-state index in [2.05, 4.69) is 15.3 Å². The van der Waals surface area contributed by atoms with E-state index >= 15 is 0 Å². The van der Waals surface area contributed by atoms with Gasteiger partial charge >= 0.3 is 0 Å². The molecule has 0 aliphatic carbocycles. The van der Waals surface area contributed by atoms with Crippen LogP contribution in [0.1, 0.15) is 15.2 Å². The minimum Gasteiger partial charge on any atom is -0.298 e. The van der Waals surface area contributed by atoms with Crippen molar-refractivity contribution in [2.75, 3.05) is 5.32 Å². The lowest BCUT2D eigenvalue weighted by Gasteiger charge is -2.05. The summed E-state index contributed by atoms with van der Waals surface area (Å²) in [5.41, 5.74) is 2.87. The summed E-state index contributed by atoms with van der Waals surface area (Å²) in [6, 6.07) is 15.3. The number of pyridine rings is 1. The Labute approximate surface area is 153 Å². The number of carbonyl (C=O) groups is 1. The molecule has 0 spiro atoms. The molecule has 4 aromatic rings. The summed E-state index contributed by atoms with van der Waals surface area (Å²) in [6.07, 6.45) is 1.62. The SMILES string of the molecule is Cc1sc(NC(=O)c2ccnc3ccccc23)nc1-c1ccc(F)cc1. The first-order chi connectivity index (χ1) is 12.6. The van der Waals surface area contributed by atoms with Crippen molar-refractivity contribution < 1.29 is 9.18 Å². The van der Waals surface area contributed by atoms with Crippen LogP contribution in [0.25, 0.3) is 22.2 Å². The minimum atomic E-state index is -0.292. The number of hydrogen-bond acceptors (Lipinski definition) is 4. The lowest BCUT2D eigenvalue weighted by Crippen LogP contribution is -2.12. The maximum atomic E-state index is 13.1. The Morgan fingerprint density at radius 2 is 1.85 bits per heavy atom. The molecule has 6 heteroatoms. The van der Waals surface area contributed by atoms with E-state index < -0.39 is 0 Å². The van der Waals surface area contributed by atoms with E-state index in [0.29, 0.717) is 10.7 Å². The Morgan fingerprint density at radius 1 is 1.08 bits per heavy atom.